The first-order valence-corrected chi connectivity index (χ1v) is 18.6. The highest BCUT2D eigenvalue weighted by molar-refractivity contribution is 6.11. The minimum absolute atomic E-state index is 0.576. The van der Waals surface area contributed by atoms with E-state index in [0.29, 0.717) is 17.1 Å². The van der Waals surface area contributed by atoms with E-state index in [9.17, 15) is 13.2 Å². The first kappa shape index (κ1) is 34.9. The van der Waals surface area contributed by atoms with E-state index in [-0.39, 0.29) is 0 Å². The molecule has 7 aromatic carbocycles. The van der Waals surface area contributed by atoms with Gasteiger partial charge in [0.05, 0.1) is 33.7 Å². The largest absolute Gasteiger partial charge is 0.416 e. The highest BCUT2D eigenvalue weighted by Crippen LogP contribution is 2.45. The molecule has 272 valence electrons. The molecule has 0 aliphatic heterocycles. The molecular weight excluding hydrogens is 700 g/mol. The van der Waals surface area contributed by atoms with Crippen LogP contribution in [0.3, 0.4) is 0 Å². The first-order chi connectivity index (χ1) is 27.1. The Kier molecular flexibility index (Phi) is 8.62. The Morgan fingerprint density at radius 3 is 1.41 bits per heavy atom. The highest BCUT2D eigenvalue weighted by atomic mass is 19.4. The number of hydrogen-bond donors (Lipinski definition) is 0. The number of alkyl halides is 3. The van der Waals surface area contributed by atoms with Crippen molar-refractivity contribution in [2.45, 2.75) is 26.9 Å². The molecule has 0 saturated heterocycles. The molecule has 9 rings (SSSR count). The van der Waals surface area contributed by atoms with Gasteiger partial charge in [-0.15, -0.1) is 0 Å². The molecule has 0 fully saturated rings. The van der Waals surface area contributed by atoms with Gasteiger partial charge >= 0.3 is 6.18 Å². The van der Waals surface area contributed by atoms with Gasteiger partial charge in [0.1, 0.15) is 0 Å². The Labute approximate surface area is 323 Å². The molecule has 0 unspecified atom stereocenters. The maximum Gasteiger partial charge on any atom is 0.416 e. The van der Waals surface area contributed by atoms with Crippen molar-refractivity contribution in [1.82, 2.24) is 14.5 Å². The second-order valence-corrected chi connectivity index (χ2v) is 14.4. The van der Waals surface area contributed by atoms with E-state index in [1.165, 1.54) is 12.1 Å². The third-order valence-corrected chi connectivity index (χ3v) is 10.4. The molecule has 0 amide bonds. The van der Waals surface area contributed by atoms with Crippen LogP contribution in [0.5, 0.6) is 0 Å². The predicted octanol–water partition coefficient (Wildman–Crippen LogP) is 13.9. The van der Waals surface area contributed by atoms with Gasteiger partial charge < -0.3 is 4.57 Å². The third-order valence-electron chi connectivity index (χ3n) is 10.4. The molecule has 0 radical (unpaired) electrons. The summed E-state index contributed by atoms with van der Waals surface area (Å²) in [4.78, 5) is 10.2. The number of benzene rings is 7. The van der Waals surface area contributed by atoms with Gasteiger partial charge in [0, 0.05) is 38.6 Å². The van der Waals surface area contributed by atoms with Gasteiger partial charge in [-0.1, -0.05) is 126 Å². The number of aryl methyl sites for hydroxylation is 3. The molecule has 2 heterocycles. The summed E-state index contributed by atoms with van der Waals surface area (Å²) in [6.45, 7) is 6.24. The molecule has 0 spiro atoms. The van der Waals surface area contributed by atoms with Crippen molar-refractivity contribution in [3.05, 3.63) is 186 Å². The SMILES string of the molecule is Cc1ccc(-c2cc(-c3cc(-c4ccccc4)nc(-c4ccccc4)n3)cc(-c3ccc(C(F)(F)F)cc3)c2-n2c3ccc(C)cc3c3cc(C)ccc32)cc1. The van der Waals surface area contributed by atoms with Gasteiger partial charge in [-0.3, -0.25) is 0 Å². The molecule has 0 aliphatic rings. The molecule has 0 bridgehead atoms. The number of aromatic nitrogens is 3. The van der Waals surface area contributed by atoms with E-state index >= 15 is 0 Å². The maximum atomic E-state index is 14.0. The molecule has 0 atom stereocenters. The fourth-order valence-corrected chi connectivity index (χ4v) is 7.60. The summed E-state index contributed by atoms with van der Waals surface area (Å²) in [5.41, 5.74) is 13.0. The number of halogens is 3. The van der Waals surface area contributed by atoms with Crippen LogP contribution in [-0.4, -0.2) is 14.5 Å². The Morgan fingerprint density at radius 2 is 0.893 bits per heavy atom. The minimum Gasteiger partial charge on any atom is -0.308 e. The quantitative estimate of drug-likeness (QED) is 0.170. The van der Waals surface area contributed by atoms with Crippen LogP contribution in [0, 0.1) is 20.8 Å². The zero-order valence-electron chi connectivity index (χ0n) is 31.1. The van der Waals surface area contributed by atoms with E-state index in [1.807, 2.05) is 66.7 Å². The second-order valence-electron chi connectivity index (χ2n) is 14.4. The summed E-state index contributed by atoms with van der Waals surface area (Å²) in [6, 6.07) is 53.0. The molecule has 6 heteroatoms. The van der Waals surface area contributed by atoms with E-state index in [0.717, 1.165) is 83.3 Å². The highest BCUT2D eigenvalue weighted by Gasteiger charge is 2.30. The Hall–Kier alpha value is -6.79. The normalized spacial score (nSPS) is 11.8. The minimum atomic E-state index is -4.47. The summed E-state index contributed by atoms with van der Waals surface area (Å²) >= 11 is 0. The van der Waals surface area contributed by atoms with Crippen LogP contribution >= 0.6 is 0 Å². The van der Waals surface area contributed by atoms with Crippen molar-refractivity contribution in [1.29, 1.82) is 0 Å². The van der Waals surface area contributed by atoms with Crippen LogP contribution < -0.4 is 0 Å². The average molecular weight is 736 g/mol. The summed E-state index contributed by atoms with van der Waals surface area (Å²) < 4.78 is 44.2. The Morgan fingerprint density at radius 1 is 0.429 bits per heavy atom. The van der Waals surface area contributed by atoms with Gasteiger partial charge in [0.2, 0.25) is 0 Å². The zero-order valence-corrected chi connectivity index (χ0v) is 31.1. The summed E-state index contributed by atoms with van der Waals surface area (Å²) in [5.74, 6) is 0.576. The van der Waals surface area contributed by atoms with Crippen molar-refractivity contribution in [3.8, 4) is 61.8 Å². The van der Waals surface area contributed by atoms with Crippen molar-refractivity contribution < 1.29 is 13.2 Å². The van der Waals surface area contributed by atoms with Gasteiger partial charge in [0.25, 0.3) is 0 Å². The van der Waals surface area contributed by atoms with E-state index < -0.39 is 11.7 Å². The molecule has 2 aromatic heterocycles. The maximum absolute atomic E-state index is 14.0. The molecule has 0 N–H and O–H groups in total. The van der Waals surface area contributed by atoms with Crippen LogP contribution in [0.25, 0.3) is 83.6 Å². The van der Waals surface area contributed by atoms with Gasteiger partial charge in [-0.25, -0.2) is 9.97 Å². The summed E-state index contributed by atoms with van der Waals surface area (Å²) in [7, 11) is 0. The lowest BCUT2D eigenvalue weighted by Gasteiger charge is -2.22. The third kappa shape index (κ3) is 6.43. The lowest BCUT2D eigenvalue weighted by Crippen LogP contribution is -2.05. The molecule has 0 saturated carbocycles. The van der Waals surface area contributed by atoms with Crippen LogP contribution in [0.4, 0.5) is 13.2 Å². The lowest BCUT2D eigenvalue weighted by molar-refractivity contribution is -0.137. The lowest BCUT2D eigenvalue weighted by atomic mass is 9.91. The van der Waals surface area contributed by atoms with Gasteiger partial charge in [-0.2, -0.15) is 13.2 Å². The van der Waals surface area contributed by atoms with Gasteiger partial charge in [0.15, 0.2) is 5.82 Å². The molecule has 56 heavy (non-hydrogen) atoms. The van der Waals surface area contributed by atoms with Crippen molar-refractivity contribution in [3.63, 3.8) is 0 Å². The van der Waals surface area contributed by atoms with E-state index in [1.54, 1.807) is 12.1 Å². The Balaban J connectivity index is 1.41. The fraction of sp³-hybridized carbons (Fsp3) is 0.0800. The monoisotopic (exact) mass is 735 g/mol. The van der Waals surface area contributed by atoms with Crippen molar-refractivity contribution in [2.24, 2.45) is 0 Å². The number of hydrogen-bond acceptors (Lipinski definition) is 2. The van der Waals surface area contributed by atoms with Crippen LogP contribution in [-0.2, 0) is 6.18 Å². The zero-order chi connectivity index (χ0) is 38.6. The second kappa shape index (κ2) is 13.8. The fourth-order valence-electron chi connectivity index (χ4n) is 7.60. The molecular formula is C50H36F3N3. The molecule has 9 aromatic rings. The van der Waals surface area contributed by atoms with Gasteiger partial charge in [-0.05, 0) is 86.5 Å². The van der Waals surface area contributed by atoms with Crippen LogP contribution in [0.15, 0.2) is 164 Å². The number of rotatable bonds is 6. The number of fused-ring (bicyclic) bond motifs is 3. The standard InChI is InChI=1S/C50H36F3N3/c1-31-14-18-34(19-15-31)40-28-38(45-30-44(36-10-6-4-7-11-36)54-49(55-45)37-12-8-5-9-13-37)29-41(35-20-22-39(23-21-35)50(51,52)53)48(40)56-46-24-16-32(2)26-42(46)43-27-33(3)17-25-47(43)56/h4-30H,1-3H3. The van der Waals surface area contributed by atoms with E-state index in [4.69, 9.17) is 9.97 Å². The van der Waals surface area contributed by atoms with E-state index in [2.05, 4.69) is 98.1 Å². The summed E-state index contributed by atoms with van der Waals surface area (Å²) in [5, 5.41) is 2.22. The summed E-state index contributed by atoms with van der Waals surface area (Å²) in [6.07, 6.45) is -4.47. The average Bonchev–Trinajstić information content (AvgIpc) is 3.52. The first-order valence-electron chi connectivity index (χ1n) is 18.6. The topological polar surface area (TPSA) is 30.7 Å². The van der Waals surface area contributed by atoms with Crippen molar-refractivity contribution in [2.75, 3.05) is 0 Å². The number of nitrogens with zero attached hydrogens (tertiary/aromatic N) is 3. The molecule has 3 nitrogen and oxygen atoms in total. The Bertz CT molecular complexity index is 2780. The van der Waals surface area contributed by atoms with Crippen LogP contribution in [0.2, 0.25) is 0 Å². The smallest absolute Gasteiger partial charge is 0.308 e. The molecule has 0 aliphatic carbocycles. The van der Waals surface area contributed by atoms with Crippen LogP contribution in [0.1, 0.15) is 22.3 Å². The predicted molar refractivity (Wildman–Crippen MR) is 223 cm³/mol. The van der Waals surface area contributed by atoms with Crippen molar-refractivity contribution >= 4 is 21.8 Å².